The molecule has 0 spiro atoms. The predicted molar refractivity (Wildman–Crippen MR) is 104 cm³/mol. The molecule has 1 aromatic heterocycles. The van der Waals surface area contributed by atoms with Crippen LogP contribution >= 0.6 is 12.2 Å². The van der Waals surface area contributed by atoms with E-state index >= 15 is 0 Å². The minimum Gasteiger partial charge on any atom is -0.385 e. The van der Waals surface area contributed by atoms with Gasteiger partial charge in [0.1, 0.15) is 0 Å². The summed E-state index contributed by atoms with van der Waals surface area (Å²) >= 11 is 5.23. The molecule has 1 heterocycles. The molecule has 0 radical (unpaired) electrons. The average molecular weight is 365 g/mol. The molecule has 1 aliphatic rings. The van der Waals surface area contributed by atoms with Gasteiger partial charge >= 0.3 is 0 Å². The lowest BCUT2D eigenvalue weighted by Crippen LogP contribution is -2.47. The maximum absolute atomic E-state index is 12.1. The fraction of sp³-hybridized carbons (Fsp3) is 0.556. The number of aromatic nitrogens is 1. The van der Waals surface area contributed by atoms with E-state index in [2.05, 4.69) is 35.2 Å². The molecule has 138 valence electrons. The molecule has 7 heteroatoms. The first-order valence-corrected chi connectivity index (χ1v) is 9.02. The van der Waals surface area contributed by atoms with Crippen molar-refractivity contribution in [2.45, 2.75) is 39.2 Å². The van der Waals surface area contributed by atoms with Crippen LogP contribution in [0.2, 0.25) is 0 Å². The van der Waals surface area contributed by atoms with Crippen LogP contribution in [0.15, 0.2) is 12.1 Å². The Morgan fingerprint density at radius 1 is 1.48 bits per heavy atom. The summed E-state index contributed by atoms with van der Waals surface area (Å²) in [6, 6.07) is 2.77. The van der Waals surface area contributed by atoms with Crippen molar-refractivity contribution in [2.75, 3.05) is 27.3 Å². The van der Waals surface area contributed by atoms with Crippen LogP contribution in [0.4, 0.5) is 0 Å². The third kappa shape index (κ3) is 5.57. The van der Waals surface area contributed by atoms with Crippen molar-refractivity contribution in [1.29, 1.82) is 0 Å². The van der Waals surface area contributed by atoms with Gasteiger partial charge in [0.2, 0.25) is 0 Å². The molecule has 2 N–H and O–H groups in total. The zero-order valence-corrected chi connectivity index (χ0v) is 16.3. The van der Waals surface area contributed by atoms with Gasteiger partial charge in [-0.3, -0.25) is 15.2 Å². The number of methoxy groups -OCH3 is 1. The van der Waals surface area contributed by atoms with Gasteiger partial charge in [0.25, 0.3) is 5.91 Å². The van der Waals surface area contributed by atoms with E-state index in [0.717, 1.165) is 12.0 Å². The Labute approximate surface area is 155 Å². The molecule has 1 amide bonds. The highest BCUT2D eigenvalue weighted by Crippen LogP contribution is 2.38. The van der Waals surface area contributed by atoms with Crippen molar-refractivity contribution in [2.24, 2.45) is 0 Å². The van der Waals surface area contributed by atoms with Crippen LogP contribution in [0.5, 0.6) is 0 Å². The number of rotatable bonds is 7. The summed E-state index contributed by atoms with van der Waals surface area (Å²) < 4.78 is 7.35. The number of hydrogen-bond acceptors (Lipinski definition) is 3. The lowest BCUT2D eigenvalue weighted by Gasteiger charge is -2.20. The summed E-state index contributed by atoms with van der Waals surface area (Å²) in [6.45, 7) is 5.60. The third-order valence-electron chi connectivity index (χ3n) is 4.23. The van der Waals surface area contributed by atoms with Crippen LogP contribution < -0.4 is 10.7 Å². The molecular formula is C18H28N4O2S. The van der Waals surface area contributed by atoms with E-state index in [1.807, 2.05) is 6.08 Å². The Morgan fingerprint density at radius 3 is 2.84 bits per heavy atom. The number of aryl methyl sites for hydroxylation is 1. The van der Waals surface area contributed by atoms with Crippen molar-refractivity contribution < 1.29 is 9.53 Å². The Balaban J connectivity index is 1.84. The average Bonchev–Trinajstić information content (AvgIpc) is 3.35. The fourth-order valence-electron chi connectivity index (χ4n) is 2.82. The number of ether oxygens (including phenoxy) is 1. The summed E-state index contributed by atoms with van der Waals surface area (Å²) in [5.41, 5.74) is 6.28. The van der Waals surface area contributed by atoms with Gasteiger partial charge in [0, 0.05) is 50.8 Å². The van der Waals surface area contributed by atoms with Gasteiger partial charge in [0.15, 0.2) is 5.11 Å². The second-order valence-corrected chi connectivity index (χ2v) is 6.76. The quantitative estimate of drug-likeness (QED) is 0.337. The van der Waals surface area contributed by atoms with Gasteiger partial charge in [-0.2, -0.15) is 0 Å². The lowest BCUT2D eigenvalue weighted by molar-refractivity contribution is -0.119. The molecule has 1 fully saturated rings. The Kier molecular flexibility index (Phi) is 7.01. The first-order chi connectivity index (χ1) is 11.9. The molecular weight excluding hydrogens is 336 g/mol. The molecule has 25 heavy (non-hydrogen) atoms. The van der Waals surface area contributed by atoms with E-state index in [-0.39, 0.29) is 5.91 Å². The monoisotopic (exact) mass is 364 g/mol. The Morgan fingerprint density at radius 2 is 2.20 bits per heavy atom. The molecule has 0 atom stereocenters. The normalized spacial score (nSPS) is 13.9. The number of carbonyl (C=O) groups is 1. The number of nitrogens with zero attached hydrogens (tertiary/aromatic N) is 2. The van der Waals surface area contributed by atoms with E-state index in [1.54, 1.807) is 20.2 Å². The third-order valence-corrected chi connectivity index (χ3v) is 4.65. The molecule has 0 aliphatic heterocycles. The molecule has 0 aromatic carbocycles. The lowest BCUT2D eigenvalue weighted by atomic mass is 10.2. The standard InChI is InChI=1S/C18H28N4O2S/c1-13-12-15(14(2)22(13)16-7-8-16)6-9-17(23)20-21(3)18(25)19-10-5-11-24-4/h6,9,12,16H,5,7-8,10-11H2,1-4H3,(H,19,25)(H,20,23)/b9-6+. The molecule has 1 saturated carbocycles. The summed E-state index contributed by atoms with van der Waals surface area (Å²) in [5.74, 6) is -0.209. The van der Waals surface area contributed by atoms with Gasteiger partial charge < -0.3 is 14.6 Å². The second kappa shape index (κ2) is 9.01. The van der Waals surface area contributed by atoms with E-state index in [4.69, 9.17) is 17.0 Å². The van der Waals surface area contributed by atoms with Crippen molar-refractivity contribution in [3.8, 4) is 0 Å². The molecule has 1 aliphatic carbocycles. The first kappa shape index (κ1) is 19.5. The number of hydrazine groups is 1. The zero-order chi connectivity index (χ0) is 18.4. The maximum Gasteiger partial charge on any atom is 0.262 e. The van der Waals surface area contributed by atoms with Crippen LogP contribution in [-0.4, -0.2) is 47.9 Å². The topological polar surface area (TPSA) is 58.5 Å². The van der Waals surface area contributed by atoms with Crippen molar-refractivity contribution in [1.82, 2.24) is 20.3 Å². The van der Waals surface area contributed by atoms with E-state index in [9.17, 15) is 4.79 Å². The number of hydrogen-bond donors (Lipinski definition) is 2. The largest absolute Gasteiger partial charge is 0.385 e. The second-order valence-electron chi connectivity index (χ2n) is 6.37. The van der Waals surface area contributed by atoms with E-state index < -0.39 is 0 Å². The minimum absolute atomic E-state index is 0.209. The van der Waals surface area contributed by atoms with Gasteiger partial charge in [0.05, 0.1) is 0 Å². The highest BCUT2D eigenvalue weighted by molar-refractivity contribution is 7.80. The molecule has 1 aromatic rings. The van der Waals surface area contributed by atoms with Gasteiger partial charge in [-0.05, 0) is 63.0 Å². The maximum atomic E-state index is 12.1. The molecule has 0 bridgehead atoms. The van der Waals surface area contributed by atoms with Gasteiger partial charge in [-0.15, -0.1) is 0 Å². The summed E-state index contributed by atoms with van der Waals surface area (Å²) in [4.78, 5) is 12.1. The van der Waals surface area contributed by atoms with Crippen LogP contribution in [0, 0.1) is 13.8 Å². The van der Waals surface area contributed by atoms with Crippen molar-refractivity contribution >= 4 is 29.3 Å². The minimum atomic E-state index is -0.209. The van der Waals surface area contributed by atoms with E-state index in [0.29, 0.717) is 24.3 Å². The van der Waals surface area contributed by atoms with Gasteiger partial charge in [-0.25, -0.2) is 0 Å². The van der Waals surface area contributed by atoms with Crippen molar-refractivity contribution in [3.63, 3.8) is 0 Å². The molecule has 2 rings (SSSR count). The number of amides is 1. The predicted octanol–water partition coefficient (Wildman–Crippen LogP) is 2.33. The fourth-order valence-corrected chi connectivity index (χ4v) is 2.96. The van der Waals surface area contributed by atoms with E-state index in [1.165, 1.54) is 29.2 Å². The smallest absolute Gasteiger partial charge is 0.262 e. The van der Waals surface area contributed by atoms with Gasteiger partial charge in [-0.1, -0.05) is 0 Å². The first-order valence-electron chi connectivity index (χ1n) is 8.61. The molecule has 6 nitrogen and oxygen atoms in total. The molecule has 0 unspecified atom stereocenters. The Bertz CT molecular complexity index is 650. The SMILES string of the molecule is COCCCNC(=S)N(C)NC(=O)/C=C/c1cc(C)n(C2CC2)c1C. The number of nitrogens with one attached hydrogen (secondary N) is 2. The van der Waals surface area contributed by atoms with Crippen LogP contribution in [0.3, 0.4) is 0 Å². The highest BCUT2D eigenvalue weighted by atomic mass is 32.1. The molecule has 0 saturated heterocycles. The summed E-state index contributed by atoms with van der Waals surface area (Å²) in [7, 11) is 3.38. The van der Waals surface area contributed by atoms with Crippen molar-refractivity contribution in [3.05, 3.63) is 29.1 Å². The van der Waals surface area contributed by atoms with Crippen LogP contribution in [-0.2, 0) is 9.53 Å². The summed E-state index contributed by atoms with van der Waals surface area (Å²) in [6.07, 6.45) is 6.76. The van der Waals surface area contributed by atoms with Crippen LogP contribution in [0.1, 0.15) is 42.3 Å². The zero-order valence-electron chi connectivity index (χ0n) is 15.5. The Hall–Kier alpha value is -1.86. The number of carbonyl (C=O) groups excluding carboxylic acids is 1. The highest BCUT2D eigenvalue weighted by Gasteiger charge is 2.26. The van der Waals surface area contributed by atoms with Crippen LogP contribution in [0.25, 0.3) is 6.08 Å². The number of thiocarbonyl (C=S) groups is 1. The summed E-state index contributed by atoms with van der Waals surface area (Å²) in [5, 5.41) is 5.06.